The van der Waals surface area contributed by atoms with E-state index in [-0.39, 0.29) is 40.7 Å². The summed E-state index contributed by atoms with van der Waals surface area (Å²) in [5.41, 5.74) is 2.80. The first kappa shape index (κ1) is 36.8. The van der Waals surface area contributed by atoms with E-state index >= 15 is 0 Å². The van der Waals surface area contributed by atoms with Gasteiger partial charge in [-0.2, -0.15) is 0 Å². The minimum Gasteiger partial charge on any atom is -0.506 e. The van der Waals surface area contributed by atoms with E-state index in [1.165, 1.54) is 25.3 Å². The Balaban J connectivity index is 1.11. The van der Waals surface area contributed by atoms with Crippen LogP contribution in [0.3, 0.4) is 0 Å². The van der Waals surface area contributed by atoms with E-state index in [0.29, 0.717) is 37.3 Å². The van der Waals surface area contributed by atoms with Crippen molar-refractivity contribution in [2.75, 3.05) is 45.1 Å². The Labute approximate surface area is 291 Å². The van der Waals surface area contributed by atoms with E-state index in [0.717, 1.165) is 48.0 Å². The van der Waals surface area contributed by atoms with E-state index in [4.69, 9.17) is 4.43 Å². The van der Waals surface area contributed by atoms with Gasteiger partial charge >= 0.3 is 0 Å². The van der Waals surface area contributed by atoms with Crippen molar-refractivity contribution in [3.05, 3.63) is 70.0 Å². The Morgan fingerprint density at radius 3 is 2.41 bits per heavy atom. The molecule has 0 radical (unpaired) electrons. The number of H-pyrrole nitrogens is 1. The fourth-order valence-electron chi connectivity index (χ4n) is 6.92. The smallest absolute Gasteiger partial charge is 0.248 e. The number of fused-ring (bicyclic) bond motifs is 2. The number of benzene rings is 2. The second-order valence-electron chi connectivity index (χ2n) is 15.6. The van der Waals surface area contributed by atoms with Crippen LogP contribution in [0, 0.1) is 11.8 Å². The molecule has 1 saturated carbocycles. The summed E-state index contributed by atoms with van der Waals surface area (Å²) >= 11 is 0. The van der Waals surface area contributed by atoms with Crippen LogP contribution in [0.4, 0.5) is 5.69 Å². The molecule has 2 aromatic carbocycles. The zero-order valence-corrected chi connectivity index (χ0v) is 31.1. The molecular weight excluding hydrogens is 635 g/mol. The third-order valence-corrected chi connectivity index (χ3v) is 15.4. The number of hydrogen-bond acceptors (Lipinski definition) is 7. The van der Waals surface area contributed by atoms with Gasteiger partial charge in [0.1, 0.15) is 5.75 Å². The minimum absolute atomic E-state index is 0.00980. The molecule has 1 aromatic heterocycles. The topological polar surface area (TPSA) is 127 Å². The molecule has 10 nitrogen and oxygen atoms in total. The lowest BCUT2D eigenvalue weighted by atomic mass is 10.0. The first-order valence-corrected chi connectivity index (χ1v) is 20.7. The predicted octanol–water partition coefficient (Wildman–Crippen LogP) is 6.00. The molecule has 1 saturated heterocycles. The van der Waals surface area contributed by atoms with Crippen LogP contribution in [-0.4, -0.2) is 79.8 Å². The van der Waals surface area contributed by atoms with E-state index < -0.39 is 8.32 Å². The van der Waals surface area contributed by atoms with Crippen LogP contribution in [0.5, 0.6) is 5.75 Å². The van der Waals surface area contributed by atoms with Crippen LogP contribution in [-0.2, 0) is 20.6 Å². The molecule has 3 atom stereocenters. The van der Waals surface area contributed by atoms with Crippen molar-refractivity contribution in [1.29, 1.82) is 0 Å². The van der Waals surface area contributed by atoms with Gasteiger partial charge in [0.25, 0.3) is 0 Å². The van der Waals surface area contributed by atoms with Crippen LogP contribution in [0.2, 0.25) is 18.1 Å². The maximum absolute atomic E-state index is 12.7. The number of anilines is 1. The van der Waals surface area contributed by atoms with E-state index in [1.54, 1.807) is 24.1 Å². The van der Waals surface area contributed by atoms with Gasteiger partial charge in [-0.3, -0.25) is 14.4 Å². The van der Waals surface area contributed by atoms with Crippen LogP contribution >= 0.6 is 0 Å². The number of amides is 2. The average Bonchev–Trinajstić information content (AvgIpc) is 3.65. The SMILES string of the molecule is CN(CCC(=O)Nc1ccc(CNC[C@H](O[Si](C)(C)C(C)(C)C)c2ccc(O)c3[nH]c(=O)ccc23)cc1)C(=O)CCN1CC2CCCC2C1. The van der Waals surface area contributed by atoms with Crippen molar-refractivity contribution in [2.24, 2.45) is 11.8 Å². The third kappa shape index (κ3) is 9.39. The number of carbonyl (C=O) groups excluding carboxylic acids is 2. The van der Waals surface area contributed by atoms with Crippen molar-refractivity contribution in [3.63, 3.8) is 0 Å². The monoisotopic (exact) mass is 689 g/mol. The van der Waals surface area contributed by atoms with Gasteiger partial charge in [-0.25, -0.2) is 0 Å². The van der Waals surface area contributed by atoms with Crippen molar-refractivity contribution in [1.82, 2.24) is 20.1 Å². The molecule has 2 aliphatic rings. The van der Waals surface area contributed by atoms with Gasteiger partial charge in [-0.05, 0) is 78.2 Å². The highest BCUT2D eigenvalue weighted by atomic mass is 28.4. The summed E-state index contributed by atoms with van der Waals surface area (Å²) in [5, 5.41) is 17.7. The second-order valence-corrected chi connectivity index (χ2v) is 20.3. The highest BCUT2D eigenvalue weighted by Crippen LogP contribution is 2.41. The summed E-state index contributed by atoms with van der Waals surface area (Å²) < 4.78 is 6.90. The van der Waals surface area contributed by atoms with Gasteiger partial charge in [0.15, 0.2) is 8.32 Å². The highest BCUT2D eigenvalue weighted by Gasteiger charge is 2.40. The van der Waals surface area contributed by atoms with Gasteiger partial charge in [0.2, 0.25) is 17.4 Å². The summed E-state index contributed by atoms with van der Waals surface area (Å²) in [6.45, 7) is 15.6. The first-order valence-electron chi connectivity index (χ1n) is 17.8. The third-order valence-electron chi connectivity index (χ3n) is 10.9. The van der Waals surface area contributed by atoms with Crippen molar-refractivity contribution < 1.29 is 19.1 Å². The van der Waals surface area contributed by atoms with Crippen LogP contribution in [0.25, 0.3) is 10.9 Å². The molecule has 4 N–H and O–H groups in total. The zero-order valence-electron chi connectivity index (χ0n) is 30.1. The summed E-state index contributed by atoms with van der Waals surface area (Å²) in [4.78, 5) is 44.3. The minimum atomic E-state index is -2.19. The predicted molar refractivity (Wildman–Crippen MR) is 198 cm³/mol. The molecule has 1 aliphatic heterocycles. The maximum atomic E-state index is 12.7. The summed E-state index contributed by atoms with van der Waals surface area (Å²) in [6, 6.07) is 14.4. The Hall–Kier alpha value is -3.51. The molecule has 5 rings (SSSR count). The van der Waals surface area contributed by atoms with E-state index in [1.807, 2.05) is 30.3 Å². The number of nitrogens with zero attached hydrogens (tertiary/aromatic N) is 2. The summed E-state index contributed by atoms with van der Waals surface area (Å²) in [7, 11) is -0.407. The quantitative estimate of drug-likeness (QED) is 0.153. The lowest BCUT2D eigenvalue weighted by Gasteiger charge is -2.39. The van der Waals surface area contributed by atoms with Crippen LogP contribution in [0.15, 0.2) is 53.3 Å². The van der Waals surface area contributed by atoms with Gasteiger partial charge in [-0.15, -0.1) is 0 Å². The molecule has 2 heterocycles. The molecule has 0 spiro atoms. The Kier molecular flexibility index (Phi) is 11.7. The largest absolute Gasteiger partial charge is 0.506 e. The lowest BCUT2D eigenvalue weighted by Crippen LogP contribution is -2.43. The number of rotatable bonds is 14. The van der Waals surface area contributed by atoms with Gasteiger partial charge in [-0.1, -0.05) is 45.4 Å². The molecule has 1 aliphatic carbocycles. The van der Waals surface area contributed by atoms with E-state index in [9.17, 15) is 19.5 Å². The molecule has 11 heteroatoms. The number of pyridine rings is 1. The number of carbonyl (C=O) groups is 2. The normalized spacial score (nSPS) is 18.8. The number of aromatic amines is 1. The number of phenolic OH excluding ortho intramolecular Hbond substituents is 1. The Morgan fingerprint density at radius 1 is 1.04 bits per heavy atom. The van der Waals surface area contributed by atoms with Crippen molar-refractivity contribution in [2.45, 2.75) is 83.7 Å². The number of aromatic hydroxyl groups is 1. The maximum Gasteiger partial charge on any atom is 0.248 e. The average molecular weight is 690 g/mol. The number of hydrogen-bond donors (Lipinski definition) is 4. The molecule has 2 amide bonds. The molecule has 49 heavy (non-hydrogen) atoms. The molecular formula is C38H55N5O5Si. The zero-order chi connectivity index (χ0) is 35.3. The highest BCUT2D eigenvalue weighted by molar-refractivity contribution is 6.74. The second kappa shape index (κ2) is 15.6. The molecule has 2 fully saturated rings. The van der Waals surface area contributed by atoms with Gasteiger partial charge in [0.05, 0.1) is 11.6 Å². The van der Waals surface area contributed by atoms with Gasteiger partial charge < -0.3 is 34.9 Å². The number of aromatic nitrogens is 1. The number of phenols is 1. The number of likely N-dealkylation sites (tertiary alicyclic amines) is 1. The number of nitrogens with one attached hydrogen (secondary N) is 3. The Bertz CT molecular complexity index is 1660. The van der Waals surface area contributed by atoms with Gasteiger partial charge in [0, 0.05) is 76.3 Å². The lowest BCUT2D eigenvalue weighted by molar-refractivity contribution is -0.130. The first-order chi connectivity index (χ1) is 23.2. The van der Waals surface area contributed by atoms with Crippen molar-refractivity contribution >= 4 is 36.7 Å². The van der Waals surface area contributed by atoms with Crippen molar-refractivity contribution in [3.8, 4) is 5.75 Å². The fourth-order valence-corrected chi connectivity index (χ4v) is 8.19. The molecule has 266 valence electrons. The summed E-state index contributed by atoms with van der Waals surface area (Å²) in [5.74, 6) is 1.65. The van der Waals surface area contributed by atoms with Crippen LogP contribution < -0.4 is 16.2 Å². The van der Waals surface area contributed by atoms with Crippen LogP contribution in [0.1, 0.15) is 70.1 Å². The molecule has 3 aromatic rings. The molecule has 2 unspecified atom stereocenters. The van der Waals surface area contributed by atoms with E-state index in [2.05, 4.69) is 54.4 Å². The fraction of sp³-hybridized carbons (Fsp3) is 0.553. The standard InChI is InChI=1S/C38H55N5O5Si/c1-38(2,3)49(5,6)48-33(30-14-16-32(44)37-31(30)15-17-34(45)41-37)23-39-22-26-10-12-29(13-11-26)40-35(46)18-20-42(4)36(47)19-21-43-24-27-8-7-9-28(27)25-43/h10-17,27-28,33,39,44H,7-9,18-25H2,1-6H3,(H,40,46)(H,41,45)/t27?,28?,33-/m0/s1. The summed E-state index contributed by atoms with van der Waals surface area (Å²) in [6.07, 6.45) is 4.47. The Morgan fingerprint density at radius 2 is 1.73 bits per heavy atom. The molecule has 0 bridgehead atoms.